The Morgan fingerprint density at radius 1 is 0.490 bits per heavy atom. The number of hydrogen-bond donors (Lipinski definition) is 0. The molecule has 0 saturated carbocycles. The van der Waals surface area contributed by atoms with Crippen molar-refractivity contribution in [1.82, 2.24) is 15.0 Å². The fourth-order valence-electron chi connectivity index (χ4n) is 8.35. The predicted molar refractivity (Wildman–Crippen MR) is 197 cm³/mol. The third-order valence-electron chi connectivity index (χ3n) is 10.6. The topological polar surface area (TPSA) is 65.0 Å². The number of nitrogens with zero attached hydrogens (tertiary/aromatic N) is 3. The molecule has 234 valence electrons. The summed E-state index contributed by atoms with van der Waals surface area (Å²) in [7, 11) is 0. The average Bonchev–Trinajstić information content (AvgIpc) is 3.82. The van der Waals surface area contributed by atoms with Gasteiger partial charge in [0.1, 0.15) is 22.3 Å². The molecular weight excluding hydrogens is 603 g/mol. The molecule has 1 aliphatic carbocycles. The minimum Gasteiger partial charge on any atom is -0.456 e. The summed E-state index contributed by atoms with van der Waals surface area (Å²) in [6.45, 7) is 4.61. The van der Waals surface area contributed by atoms with Crippen LogP contribution in [0.25, 0.3) is 89.2 Å². The Morgan fingerprint density at radius 2 is 1.06 bits per heavy atom. The van der Waals surface area contributed by atoms with E-state index < -0.39 is 0 Å². The molecular formula is C44H31N3O2. The van der Waals surface area contributed by atoms with Gasteiger partial charge in [0, 0.05) is 43.7 Å². The summed E-state index contributed by atoms with van der Waals surface area (Å²) in [5.74, 6) is 1.83. The van der Waals surface area contributed by atoms with E-state index in [2.05, 4.69) is 86.6 Å². The van der Waals surface area contributed by atoms with E-state index in [0.29, 0.717) is 17.5 Å². The standard InChI is InChI=1S/C44H31N3O2/c1-3-44(4-2)32-21-11-8-17-27(32)38-31(25-36-39(40(38)44)29-19-10-13-23-34(29)49-36)43-46-41(26-15-6-5-7-16-26)45-42(47-43)30-20-14-24-35-37(30)28-18-9-12-22-33(28)48-35/h5-25H,3-4H2,1-2H3. The largest absolute Gasteiger partial charge is 0.456 e. The van der Waals surface area contributed by atoms with Crippen molar-refractivity contribution in [2.45, 2.75) is 32.1 Å². The molecule has 0 N–H and O–H groups in total. The van der Waals surface area contributed by atoms with Crippen LogP contribution in [-0.2, 0) is 5.41 Å². The van der Waals surface area contributed by atoms with Crippen LogP contribution in [0.4, 0.5) is 0 Å². The first kappa shape index (κ1) is 28.0. The molecule has 0 unspecified atom stereocenters. The van der Waals surface area contributed by atoms with Crippen LogP contribution in [0.1, 0.15) is 37.8 Å². The summed E-state index contributed by atoms with van der Waals surface area (Å²) in [6, 6.07) is 43.8. The molecule has 1 aliphatic rings. The lowest BCUT2D eigenvalue weighted by atomic mass is 9.72. The van der Waals surface area contributed by atoms with Crippen molar-refractivity contribution in [2.75, 3.05) is 0 Å². The number of benzene rings is 6. The molecule has 0 fully saturated rings. The highest BCUT2D eigenvalue weighted by atomic mass is 16.3. The highest BCUT2D eigenvalue weighted by Gasteiger charge is 2.44. The third-order valence-corrected chi connectivity index (χ3v) is 10.6. The molecule has 5 heteroatoms. The van der Waals surface area contributed by atoms with Crippen LogP contribution in [0.15, 0.2) is 136 Å². The van der Waals surface area contributed by atoms with Crippen molar-refractivity contribution in [3.05, 3.63) is 139 Å². The van der Waals surface area contributed by atoms with Crippen LogP contribution in [-0.4, -0.2) is 15.0 Å². The Balaban J connectivity index is 1.35. The van der Waals surface area contributed by atoms with Crippen LogP contribution in [0.2, 0.25) is 0 Å². The molecule has 0 bridgehead atoms. The third kappa shape index (κ3) is 3.90. The van der Waals surface area contributed by atoms with Crippen LogP contribution in [0.5, 0.6) is 0 Å². The van der Waals surface area contributed by atoms with E-state index in [-0.39, 0.29) is 5.41 Å². The highest BCUT2D eigenvalue weighted by Crippen LogP contribution is 2.58. The number of fused-ring (bicyclic) bond motifs is 10. The maximum Gasteiger partial charge on any atom is 0.164 e. The Morgan fingerprint density at radius 3 is 1.82 bits per heavy atom. The molecule has 10 rings (SSSR count). The SMILES string of the molecule is CCC1(CC)c2ccccc2-c2c(-c3nc(-c4ccccc4)nc(-c4cccc5oc6ccccc6c45)n3)cc3oc4ccccc4c3c21. The van der Waals surface area contributed by atoms with Crippen LogP contribution in [0, 0.1) is 0 Å². The van der Waals surface area contributed by atoms with E-state index in [4.69, 9.17) is 23.8 Å². The predicted octanol–water partition coefficient (Wildman–Crippen LogP) is 11.8. The van der Waals surface area contributed by atoms with E-state index in [1.54, 1.807) is 0 Å². The smallest absolute Gasteiger partial charge is 0.164 e. The van der Waals surface area contributed by atoms with Crippen LogP contribution in [0.3, 0.4) is 0 Å². The lowest BCUT2D eigenvalue weighted by Gasteiger charge is -2.30. The van der Waals surface area contributed by atoms with Gasteiger partial charge >= 0.3 is 0 Å². The Hall–Kier alpha value is -6.07. The van der Waals surface area contributed by atoms with Crippen molar-refractivity contribution in [3.63, 3.8) is 0 Å². The van der Waals surface area contributed by atoms with Gasteiger partial charge in [-0.05, 0) is 59.4 Å². The zero-order chi connectivity index (χ0) is 32.7. The van der Waals surface area contributed by atoms with Gasteiger partial charge in [0.05, 0.1) is 0 Å². The monoisotopic (exact) mass is 633 g/mol. The molecule has 3 aromatic heterocycles. The van der Waals surface area contributed by atoms with Crippen molar-refractivity contribution < 1.29 is 8.83 Å². The second-order valence-corrected chi connectivity index (χ2v) is 12.9. The van der Waals surface area contributed by atoms with E-state index >= 15 is 0 Å². The average molecular weight is 634 g/mol. The fourth-order valence-corrected chi connectivity index (χ4v) is 8.35. The molecule has 0 saturated heterocycles. The number of hydrogen-bond acceptors (Lipinski definition) is 5. The summed E-state index contributed by atoms with van der Waals surface area (Å²) >= 11 is 0. The van der Waals surface area contributed by atoms with Gasteiger partial charge in [-0.25, -0.2) is 15.0 Å². The van der Waals surface area contributed by atoms with Gasteiger partial charge in [-0.15, -0.1) is 0 Å². The first-order valence-electron chi connectivity index (χ1n) is 17.0. The lowest BCUT2D eigenvalue weighted by Crippen LogP contribution is -2.23. The maximum atomic E-state index is 6.66. The first-order valence-corrected chi connectivity index (χ1v) is 17.0. The summed E-state index contributed by atoms with van der Waals surface area (Å²) in [5.41, 5.74) is 11.0. The molecule has 0 aliphatic heterocycles. The molecule has 6 aromatic carbocycles. The minimum absolute atomic E-state index is 0.188. The molecule has 0 amide bonds. The van der Waals surface area contributed by atoms with Gasteiger partial charge in [-0.3, -0.25) is 0 Å². The Kier molecular flexibility index (Phi) is 5.98. The van der Waals surface area contributed by atoms with Gasteiger partial charge in [0.15, 0.2) is 17.5 Å². The number of para-hydroxylation sites is 2. The molecule has 0 spiro atoms. The Bertz CT molecular complexity index is 2750. The fraction of sp³-hybridized carbons (Fsp3) is 0.114. The lowest BCUT2D eigenvalue weighted by molar-refractivity contribution is 0.494. The van der Waals surface area contributed by atoms with E-state index in [0.717, 1.165) is 68.0 Å². The quantitative estimate of drug-likeness (QED) is 0.189. The number of rotatable bonds is 5. The molecule has 3 heterocycles. The van der Waals surface area contributed by atoms with Crippen molar-refractivity contribution in [2.24, 2.45) is 0 Å². The maximum absolute atomic E-state index is 6.66. The van der Waals surface area contributed by atoms with Gasteiger partial charge in [-0.1, -0.05) is 117 Å². The van der Waals surface area contributed by atoms with E-state index in [9.17, 15) is 0 Å². The van der Waals surface area contributed by atoms with Crippen LogP contribution < -0.4 is 0 Å². The second-order valence-electron chi connectivity index (χ2n) is 12.9. The zero-order valence-electron chi connectivity index (χ0n) is 27.2. The van der Waals surface area contributed by atoms with Gasteiger partial charge in [0.25, 0.3) is 0 Å². The highest BCUT2D eigenvalue weighted by molar-refractivity contribution is 6.14. The molecule has 9 aromatic rings. The van der Waals surface area contributed by atoms with E-state index in [1.807, 2.05) is 54.6 Å². The molecule has 5 nitrogen and oxygen atoms in total. The van der Waals surface area contributed by atoms with Gasteiger partial charge in [0.2, 0.25) is 0 Å². The van der Waals surface area contributed by atoms with Gasteiger partial charge < -0.3 is 8.83 Å². The molecule has 49 heavy (non-hydrogen) atoms. The first-order chi connectivity index (χ1) is 24.2. The van der Waals surface area contributed by atoms with Crippen molar-refractivity contribution in [3.8, 4) is 45.3 Å². The summed E-state index contributed by atoms with van der Waals surface area (Å²) in [4.78, 5) is 15.7. The van der Waals surface area contributed by atoms with Crippen molar-refractivity contribution >= 4 is 43.9 Å². The number of furan rings is 2. The summed E-state index contributed by atoms with van der Waals surface area (Å²) in [6.07, 6.45) is 1.91. The minimum atomic E-state index is -0.188. The Labute approximate surface area is 282 Å². The summed E-state index contributed by atoms with van der Waals surface area (Å²) in [5, 5.41) is 4.35. The normalized spacial score (nSPS) is 13.4. The second kappa shape index (κ2) is 10.5. The van der Waals surface area contributed by atoms with Crippen molar-refractivity contribution in [1.29, 1.82) is 0 Å². The molecule has 0 radical (unpaired) electrons. The van der Waals surface area contributed by atoms with Gasteiger partial charge in [-0.2, -0.15) is 0 Å². The van der Waals surface area contributed by atoms with Crippen LogP contribution >= 0.6 is 0 Å². The molecule has 0 atom stereocenters. The summed E-state index contributed by atoms with van der Waals surface area (Å²) < 4.78 is 12.9. The van der Waals surface area contributed by atoms with E-state index in [1.165, 1.54) is 27.6 Å². The zero-order valence-corrected chi connectivity index (χ0v) is 27.2. The number of aromatic nitrogens is 3.